The predicted molar refractivity (Wildman–Crippen MR) is 334 cm³/mol. The van der Waals surface area contributed by atoms with Crippen molar-refractivity contribution >= 4 is 17.9 Å². The van der Waals surface area contributed by atoms with E-state index >= 15 is 0 Å². The van der Waals surface area contributed by atoms with Crippen molar-refractivity contribution in [1.29, 1.82) is 0 Å². The molecule has 0 aromatic carbocycles. The summed E-state index contributed by atoms with van der Waals surface area (Å²) >= 11 is 0. The van der Waals surface area contributed by atoms with E-state index in [0.29, 0.717) is 19.3 Å². The summed E-state index contributed by atoms with van der Waals surface area (Å²) in [6, 6.07) is 0. The molecule has 77 heavy (non-hydrogen) atoms. The molecule has 0 saturated carbocycles. The first kappa shape index (κ1) is 73.1. The molecule has 6 heteroatoms. The van der Waals surface area contributed by atoms with Crippen LogP contribution >= 0.6 is 0 Å². The van der Waals surface area contributed by atoms with Gasteiger partial charge in [0.05, 0.1) is 0 Å². The van der Waals surface area contributed by atoms with Gasteiger partial charge in [0, 0.05) is 19.3 Å². The van der Waals surface area contributed by atoms with Crippen LogP contribution in [0.1, 0.15) is 303 Å². The highest BCUT2D eigenvalue weighted by Crippen LogP contribution is 2.16. The maximum absolute atomic E-state index is 12.9. The molecule has 1 atom stereocenters. The van der Waals surface area contributed by atoms with Gasteiger partial charge in [-0.25, -0.2) is 0 Å². The molecule has 1 unspecified atom stereocenters. The lowest BCUT2D eigenvalue weighted by molar-refractivity contribution is -0.167. The van der Waals surface area contributed by atoms with Gasteiger partial charge in [0.2, 0.25) is 0 Å². The first-order valence-corrected chi connectivity index (χ1v) is 32.4. The lowest BCUT2D eigenvalue weighted by Gasteiger charge is -2.18. The average molecular weight is 1070 g/mol. The maximum atomic E-state index is 12.9. The Bertz CT molecular complexity index is 1560. The molecule has 0 fully saturated rings. The standard InChI is InChI=1S/C71H120O6/c1-4-7-10-13-16-19-22-25-28-30-32-34-35-37-38-40-43-46-49-52-55-58-61-64-70(73)76-67-68(66-75-69(72)63-60-57-54-51-48-45-42-27-24-21-18-15-12-9-6-3)77-71(74)65-62-59-56-53-50-47-44-41-39-36-33-31-29-26-23-20-17-14-11-8-5-2/h8,11,17,20,22,25-26,29-30,32-33,35-37,41,44,50,53,68H,4-7,9-10,12-16,18-19,21,23-24,27-28,31,34,38-40,42-43,45-49,51-52,54-67H2,1-3H3/b11-8-,20-17-,25-22-,29-26-,32-30-,36-33-,37-35-,44-41-,53-50-. The van der Waals surface area contributed by atoms with Crippen molar-refractivity contribution in [3.8, 4) is 0 Å². The minimum atomic E-state index is -0.806. The third kappa shape index (κ3) is 62.8. The van der Waals surface area contributed by atoms with E-state index < -0.39 is 6.10 Å². The second kappa shape index (κ2) is 64.6. The summed E-state index contributed by atoms with van der Waals surface area (Å²) in [5.74, 6) is -0.939. The Morgan fingerprint density at radius 2 is 0.506 bits per heavy atom. The minimum absolute atomic E-state index is 0.0970. The van der Waals surface area contributed by atoms with Crippen LogP contribution in [-0.4, -0.2) is 37.2 Å². The van der Waals surface area contributed by atoms with Gasteiger partial charge in [-0.1, -0.05) is 284 Å². The van der Waals surface area contributed by atoms with Crippen LogP contribution in [0.4, 0.5) is 0 Å². The number of hydrogen-bond donors (Lipinski definition) is 0. The lowest BCUT2D eigenvalue weighted by atomic mass is 10.0. The van der Waals surface area contributed by atoms with Crippen molar-refractivity contribution in [1.82, 2.24) is 0 Å². The van der Waals surface area contributed by atoms with Gasteiger partial charge in [-0.2, -0.15) is 0 Å². The number of hydrogen-bond acceptors (Lipinski definition) is 6. The molecule has 0 bridgehead atoms. The smallest absolute Gasteiger partial charge is 0.306 e. The second-order valence-corrected chi connectivity index (χ2v) is 21.3. The molecule has 0 rings (SSSR count). The van der Waals surface area contributed by atoms with E-state index in [4.69, 9.17) is 14.2 Å². The van der Waals surface area contributed by atoms with Gasteiger partial charge in [-0.15, -0.1) is 0 Å². The lowest BCUT2D eigenvalue weighted by Crippen LogP contribution is -2.30. The normalized spacial score (nSPS) is 12.8. The molecule has 0 aliphatic rings. The second-order valence-electron chi connectivity index (χ2n) is 21.3. The number of allylic oxidation sites excluding steroid dienone is 18. The van der Waals surface area contributed by atoms with Gasteiger partial charge < -0.3 is 14.2 Å². The van der Waals surface area contributed by atoms with Gasteiger partial charge in [0.1, 0.15) is 13.2 Å². The van der Waals surface area contributed by atoms with Gasteiger partial charge in [-0.05, 0) is 109 Å². The summed E-state index contributed by atoms with van der Waals surface area (Å²) in [7, 11) is 0. The summed E-state index contributed by atoms with van der Waals surface area (Å²) in [4.78, 5) is 38.3. The summed E-state index contributed by atoms with van der Waals surface area (Å²) in [5, 5.41) is 0. The van der Waals surface area contributed by atoms with Crippen LogP contribution in [0.25, 0.3) is 0 Å². The largest absolute Gasteiger partial charge is 0.462 e. The molecule has 0 amide bonds. The van der Waals surface area contributed by atoms with Crippen molar-refractivity contribution in [2.24, 2.45) is 0 Å². The highest BCUT2D eigenvalue weighted by molar-refractivity contribution is 5.71. The first-order valence-electron chi connectivity index (χ1n) is 32.4. The molecule has 0 spiro atoms. The molecule has 0 aromatic heterocycles. The van der Waals surface area contributed by atoms with E-state index in [1.807, 2.05) is 0 Å². The van der Waals surface area contributed by atoms with Crippen LogP contribution in [0, 0.1) is 0 Å². The van der Waals surface area contributed by atoms with E-state index in [1.165, 1.54) is 148 Å². The Hall–Kier alpha value is -3.93. The fourth-order valence-corrected chi connectivity index (χ4v) is 8.92. The van der Waals surface area contributed by atoms with E-state index in [0.717, 1.165) is 109 Å². The van der Waals surface area contributed by atoms with Gasteiger partial charge >= 0.3 is 17.9 Å². The maximum Gasteiger partial charge on any atom is 0.306 e. The van der Waals surface area contributed by atoms with E-state index in [-0.39, 0.29) is 37.5 Å². The third-order valence-corrected chi connectivity index (χ3v) is 13.8. The zero-order chi connectivity index (χ0) is 55.7. The topological polar surface area (TPSA) is 78.9 Å². The van der Waals surface area contributed by atoms with Crippen LogP contribution in [0.15, 0.2) is 109 Å². The van der Waals surface area contributed by atoms with Crippen LogP contribution in [-0.2, 0) is 28.6 Å². The van der Waals surface area contributed by atoms with E-state index in [9.17, 15) is 14.4 Å². The molecular weight excluding hydrogens is 949 g/mol. The number of esters is 3. The molecule has 0 radical (unpaired) electrons. The van der Waals surface area contributed by atoms with Crippen LogP contribution in [0.3, 0.4) is 0 Å². The zero-order valence-corrected chi connectivity index (χ0v) is 50.4. The SMILES string of the molecule is CC/C=C\C/C=C\C/C=C\C/C=C\C/C=C\C/C=C\CCCCC(=O)OC(COC(=O)CCCCCCCCCC/C=C\C/C=C\C/C=C\CCCCCCC)COC(=O)CCCCCCCCCCCCCCCCC. The number of carbonyl (C=O) groups excluding carboxylic acids is 3. The summed E-state index contributed by atoms with van der Waals surface area (Å²) < 4.78 is 16.9. The minimum Gasteiger partial charge on any atom is -0.462 e. The molecule has 0 saturated heterocycles. The Kier molecular flexibility index (Phi) is 61.3. The molecule has 0 heterocycles. The number of ether oxygens (including phenoxy) is 3. The predicted octanol–water partition coefficient (Wildman–Crippen LogP) is 22.2. The third-order valence-electron chi connectivity index (χ3n) is 13.8. The monoisotopic (exact) mass is 1070 g/mol. The van der Waals surface area contributed by atoms with Crippen molar-refractivity contribution in [3.05, 3.63) is 109 Å². The van der Waals surface area contributed by atoms with Crippen molar-refractivity contribution in [2.75, 3.05) is 13.2 Å². The highest BCUT2D eigenvalue weighted by Gasteiger charge is 2.19. The van der Waals surface area contributed by atoms with Crippen LogP contribution < -0.4 is 0 Å². The highest BCUT2D eigenvalue weighted by atomic mass is 16.6. The van der Waals surface area contributed by atoms with E-state index in [2.05, 4.69) is 130 Å². The molecule has 6 nitrogen and oxygen atoms in total. The average Bonchev–Trinajstić information content (AvgIpc) is 3.43. The molecular formula is C71H120O6. The van der Waals surface area contributed by atoms with Crippen LogP contribution in [0.5, 0.6) is 0 Å². The fraction of sp³-hybridized carbons (Fsp3) is 0.704. The fourth-order valence-electron chi connectivity index (χ4n) is 8.92. The Balaban J connectivity index is 4.46. The Labute approximate surface area is 476 Å². The Morgan fingerprint density at radius 1 is 0.273 bits per heavy atom. The van der Waals surface area contributed by atoms with Gasteiger partial charge in [0.15, 0.2) is 6.10 Å². The van der Waals surface area contributed by atoms with Crippen molar-refractivity contribution in [3.63, 3.8) is 0 Å². The van der Waals surface area contributed by atoms with Crippen molar-refractivity contribution in [2.45, 2.75) is 309 Å². The molecule has 440 valence electrons. The van der Waals surface area contributed by atoms with Gasteiger partial charge in [0.25, 0.3) is 0 Å². The summed E-state index contributed by atoms with van der Waals surface area (Å²) in [5.41, 5.74) is 0. The Morgan fingerprint density at radius 3 is 0.818 bits per heavy atom. The molecule has 0 aliphatic heterocycles. The van der Waals surface area contributed by atoms with Crippen LogP contribution in [0.2, 0.25) is 0 Å². The summed E-state index contributed by atoms with van der Waals surface area (Å²) in [6.07, 6.45) is 88.0. The molecule has 0 aliphatic carbocycles. The van der Waals surface area contributed by atoms with Crippen molar-refractivity contribution < 1.29 is 28.6 Å². The van der Waals surface area contributed by atoms with Gasteiger partial charge in [-0.3, -0.25) is 14.4 Å². The summed E-state index contributed by atoms with van der Waals surface area (Å²) in [6.45, 7) is 6.50. The molecule has 0 N–H and O–H groups in total. The number of rotatable bonds is 58. The number of carbonyl (C=O) groups is 3. The van der Waals surface area contributed by atoms with E-state index in [1.54, 1.807) is 0 Å². The molecule has 0 aromatic rings. The number of unbranched alkanes of at least 4 members (excludes halogenated alkanes) is 29. The quantitative estimate of drug-likeness (QED) is 0.0261. The zero-order valence-electron chi connectivity index (χ0n) is 50.4. The first-order chi connectivity index (χ1) is 38.0.